The number of carbonyl (C=O) groups is 1. The molecule has 3 heterocycles. The monoisotopic (exact) mass is 360 g/mol. The zero-order chi connectivity index (χ0) is 17.4. The lowest BCUT2D eigenvalue weighted by atomic mass is 10.0. The first-order valence-corrected chi connectivity index (χ1v) is 9.51. The van der Waals surface area contributed by atoms with E-state index in [9.17, 15) is 9.18 Å². The van der Waals surface area contributed by atoms with Gasteiger partial charge in [-0.2, -0.15) is 0 Å². The van der Waals surface area contributed by atoms with Gasteiger partial charge in [-0.15, -0.1) is 11.3 Å². The van der Waals surface area contributed by atoms with Crippen LogP contribution in [0.15, 0.2) is 35.7 Å². The van der Waals surface area contributed by atoms with E-state index in [0.29, 0.717) is 23.3 Å². The highest BCUT2D eigenvalue weighted by molar-refractivity contribution is 7.13. The molecule has 2 fully saturated rings. The summed E-state index contributed by atoms with van der Waals surface area (Å²) in [6.07, 6.45) is 3.65. The molecule has 1 unspecified atom stereocenters. The Morgan fingerprint density at radius 2 is 2.04 bits per heavy atom. The van der Waals surface area contributed by atoms with Crippen LogP contribution in [0.5, 0.6) is 0 Å². The van der Waals surface area contributed by atoms with Gasteiger partial charge in [0.2, 0.25) is 0 Å². The van der Waals surface area contributed by atoms with Crippen LogP contribution in [0.25, 0.3) is 10.4 Å². The van der Waals surface area contributed by atoms with E-state index in [1.54, 1.807) is 6.07 Å². The van der Waals surface area contributed by atoms with E-state index in [2.05, 4.69) is 17.3 Å². The fourth-order valence-corrected chi connectivity index (χ4v) is 4.77. The number of thiophene rings is 1. The van der Waals surface area contributed by atoms with Crippen LogP contribution in [0.2, 0.25) is 0 Å². The van der Waals surface area contributed by atoms with Gasteiger partial charge in [0.15, 0.2) is 0 Å². The molecule has 0 aliphatic carbocycles. The van der Waals surface area contributed by atoms with Gasteiger partial charge in [-0.25, -0.2) is 9.18 Å². The van der Waals surface area contributed by atoms with Crippen LogP contribution in [-0.4, -0.2) is 36.2 Å². The summed E-state index contributed by atoms with van der Waals surface area (Å²) in [7, 11) is 2.16. The van der Waals surface area contributed by atoms with Crippen LogP contribution in [-0.2, 0) is 4.74 Å². The summed E-state index contributed by atoms with van der Waals surface area (Å²) in [6.45, 7) is 0. The maximum absolute atomic E-state index is 13.6. The van der Waals surface area contributed by atoms with Crippen molar-refractivity contribution in [2.45, 2.75) is 43.9 Å². The normalized spacial score (nSPS) is 25.8. The Labute approximate surface area is 150 Å². The third-order valence-corrected chi connectivity index (χ3v) is 6.24. The van der Waals surface area contributed by atoms with Crippen LogP contribution in [0.3, 0.4) is 0 Å². The van der Waals surface area contributed by atoms with Crippen molar-refractivity contribution in [3.05, 3.63) is 41.5 Å². The standard InChI is InChI=1S/C19H21FN2O2S/c1-22-13-5-6-14(22)11-15(10-13)24-19(23)21-17-7-4-12(20)9-16(17)18-3-2-8-25-18/h2-4,7-9,13-15H,5-6,10-11H2,1H3,(H,21,23)/t13-,14+,15?. The molecule has 0 saturated carbocycles. The van der Waals surface area contributed by atoms with Crippen LogP contribution in [0, 0.1) is 5.82 Å². The topological polar surface area (TPSA) is 41.6 Å². The molecule has 6 heteroatoms. The smallest absolute Gasteiger partial charge is 0.411 e. The van der Waals surface area contributed by atoms with Crippen molar-refractivity contribution in [2.75, 3.05) is 12.4 Å². The number of rotatable bonds is 3. The van der Waals surface area contributed by atoms with Crippen molar-refractivity contribution in [1.82, 2.24) is 4.90 Å². The van der Waals surface area contributed by atoms with Gasteiger partial charge in [0.1, 0.15) is 11.9 Å². The van der Waals surface area contributed by atoms with Gasteiger partial charge < -0.3 is 9.64 Å². The highest BCUT2D eigenvalue weighted by Crippen LogP contribution is 2.36. The predicted molar refractivity (Wildman–Crippen MR) is 97.4 cm³/mol. The molecule has 1 N–H and O–H groups in total. The fourth-order valence-electron chi connectivity index (χ4n) is 4.01. The van der Waals surface area contributed by atoms with Crippen LogP contribution >= 0.6 is 11.3 Å². The number of hydrogen-bond acceptors (Lipinski definition) is 4. The Morgan fingerprint density at radius 3 is 2.72 bits per heavy atom. The molecular formula is C19H21FN2O2S. The summed E-state index contributed by atoms with van der Waals surface area (Å²) in [5.74, 6) is -0.325. The lowest BCUT2D eigenvalue weighted by Crippen LogP contribution is -2.43. The number of halogens is 1. The van der Waals surface area contributed by atoms with Crippen molar-refractivity contribution in [2.24, 2.45) is 0 Å². The number of nitrogens with zero attached hydrogens (tertiary/aromatic N) is 1. The number of ether oxygens (including phenoxy) is 1. The molecule has 1 aromatic carbocycles. The lowest BCUT2D eigenvalue weighted by Gasteiger charge is -2.35. The van der Waals surface area contributed by atoms with E-state index in [1.165, 1.54) is 36.3 Å². The van der Waals surface area contributed by atoms with E-state index >= 15 is 0 Å². The van der Waals surface area contributed by atoms with Crippen molar-refractivity contribution in [3.63, 3.8) is 0 Å². The number of benzene rings is 1. The molecule has 1 aromatic heterocycles. The zero-order valence-corrected chi connectivity index (χ0v) is 14.9. The van der Waals surface area contributed by atoms with Gasteiger partial charge in [-0.1, -0.05) is 6.07 Å². The van der Waals surface area contributed by atoms with E-state index in [-0.39, 0.29) is 11.9 Å². The number of nitrogens with one attached hydrogen (secondary N) is 1. The Morgan fingerprint density at radius 1 is 1.28 bits per heavy atom. The Bertz CT molecular complexity index is 751. The summed E-state index contributed by atoms with van der Waals surface area (Å²) in [5.41, 5.74) is 1.25. The van der Waals surface area contributed by atoms with Crippen molar-refractivity contribution < 1.29 is 13.9 Å². The highest BCUT2D eigenvalue weighted by Gasteiger charge is 2.39. The average Bonchev–Trinajstić information content (AvgIpc) is 3.16. The van der Waals surface area contributed by atoms with Crippen molar-refractivity contribution in [1.29, 1.82) is 0 Å². The van der Waals surface area contributed by atoms with Crippen LogP contribution < -0.4 is 5.32 Å². The molecule has 2 bridgehead atoms. The van der Waals surface area contributed by atoms with Gasteiger partial charge in [-0.05, 0) is 49.5 Å². The van der Waals surface area contributed by atoms with E-state index < -0.39 is 6.09 Å². The third kappa shape index (κ3) is 3.41. The molecule has 0 radical (unpaired) electrons. The van der Waals surface area contributed by atoms with Crippen molar-refractivity contribution in [3.8, 4) is 10.4 Å². The van der Waals surface area contributed by atoms with Crippen LogP contribution in [0.1, 0.15) is 25.7 Å². The van der Waals surface area contributed by atoms with E-state index in [0.717, 1.165) is 17.7 Å². The van der Waals surface area contributed by atoms with Gasteiger partial charge in [0, 0.05) is 35.4 Å². The summed E-state index contributed by atoms with van der Waals surface area (Å²) < 4.78 is 19.3. The Balaban J connectivity index is 1.45. The maximum Gasteiger partial charge on any atom is 0.411 e. The van der Waals surface area contributed by atoms with Gasteiger partial charge in [0.25, 0.3) is 0 Å². The fraction of sp³-hybridized carbons (Fsp3) is 0.421. The van der Waals surface area contributed by atoms with Gasteiger partial charge in [-0.3, -0.25) is 5.32 Å². The molecule has 4 nitrogen and oxygen atoms in total. The molecule has 4 rings (SSSR count). The molecule has 1 amide bonds. The molecular weight excluding hydrogens is 339 g/mol. The molecule has 2 aromatic rings. The largest absolute Gasteiger partial charge is 0.446 e. The minimum absolute atomic E-state index is 0.0423. The average molecular weight is 360 g/mol. The molecule has 2 saturated heterocycles. The molecule has 2 aliphatic rings. The molecule has 0 spiro atoms. The second kappa shape index (κ2) is 6.77. The van der Waals surface area contributed by atoms with Gasteiger partial charge in [0.05, 0.1) is 5.69 Å². The van der Waals surface area contributed by atoms with E-state index in [1.807, 2.05) is 17.5 Å². The second-order valence-electron chi connectivity index (χ2n) is 6.84. The molecule has 25 heavy (non-hydrogen) atoms. The number of carbonyl (C=O) groups excluding carboxylic acids is 1. The summed E-state index contributed by atoms with van der Waals surface area (Å²) in [4.78, 5) is 15.7. The first-order valence-electron chi connectivity index (χ1n) is 8.63. The minimum Gasteiger partial charge on any atom is -0.446 e. The Kier molecular flexibility index (Phi) is 4.48. The summed E-state index contributed by atoms with van der Waals surface area (Å²) in [5, 5.41) is 4.73. The number of amides is 1. The van der Waals surface area contributed by atoms with Crippen molar-refractivity contribution >= 4 is 23.1 Å². The SMILES string of the molecule is CN1[C@@H]2CC[C@H]1CC(OC(=O)Nc1ccc(F)cc1-c1cccs1)C2. The minimum atomic E-state index is -0.460. The number of hydrogen-bond donors (Lipinski definition) is 1. The second-order valence-corrected chi connectivity index (χ2v) is 7.79. The molecule has 3 atom stereocenters. The van der Waals surface area contributed by atoms with Gasteiger partial charge >= 0.3 is 6.09 Å². The summed E-state index contributed by atoms with van der Waals surface area (Å²) in [6, 6.07) is 9.23. The Hall–Kier alpha value is -1.92. The summed E-state index contributed by atoms with van der Waals surface area (Å²) >= 11 is 1.51. The molecule has 2 aliphatic heterocycles. The highest BCUT2D eigenvalue weighted by atomic mass is 32.1. The first kappa shape index (κ1) is 16.5. The van der Waals surface area contributed by atoms with E-state index in [4.69, 9.17) is 4.74 Å². The lowest BCUT2D eigenvalue weighted by molar-refractivity contribution is 0.0348. The zero-order valence-electron chi connectivity index (χ0n) is 14.1. The number of piperidine rings is 1. The number of anilines is 1. The first-order chi connectivity index (χ1) is 12.1. The number of fused-ring (bicyclic) bond motifs is 2. The molecule has 132 valence electrons. The predicted octanol–water partition coefficient (Wildman–Crippen LogP) is 4.73. The quantitative estimate of drug-likeness (QED) is 0.860. The third-order valence-electron chi connectivity index (χ3n) is 5.33. The maximum atomic E-state index is 13.6. The van der Waals surface area contributed by atoms with Crippen LogP contribution in [0.4, 0.5) is 14.9 Å².